The van der Waals surface area contributed by atoms with Crippen molar-refractivity contribution < 1.29 is 24.5 Å². The van der Waals surface area contributed by atoms with E-state index in [0.717, 1.165) is 0 Å². The summed E-state index contributed by atoms with van der Waals surface area (Å²) in [5, 5.41) is 18.5. The highest BCUT2D eigenvalue weighted by Gasteiger charge is 2.17. The number of rotatable bonds is 5. The molecule has 0 unspecified atom stereocenters. The lowest BCUT2D eigenvalue weighted by Gasteiger charge is -2.18. The Hall–Kier alpha value is -1.75. The van der Waals surface area contributed by atoms with Gasteiger partial charge in [-0.3, -0.25) is 0 Å². The standard InChI is InChI=1S/C12H16O5/c1-12(2,15)7-17-10-5-4-8(16-3)6-9(10)11(13)14/h4-6,15H,7H2,1-3H3,(H,13,14). The molecule has 0 aromatic heterocycles. The maximum Gasteiger partial charge on any atom is 0.339 e. The fourth-order valence-electron chi connectivity index (χ4n) is 1.18. The molecule has 0 atom stereocenters. The molecule has 1 rings (SSSR count). The van der Waals surface area contributed by atoms with Crippen molar-refractivity contribution in [2.24, 2.45) is 0 Å². The summed E-state index contributed by atoms with van der Waals surface area (Å²) in [6, 6.07) is 4.49. The molecule has 1 aromatic rings. The Balaban J connectivity index is 2.95. The molecule has 0 saturated carbocycles. The van der Waals surface area contributed by atoms with E-state index in [2.05, 4.69) is 0 Å². The van der Waals surface area contributed by atoms with E-state index in [4.69, 9.17) is 14.6 Å². The minimum atomic E-state index is -1.10. The maximum absolute atomic E-state index is 11.0. The van der Waals surface area contributed by atoms with Crippen LogP contribution in [0.2, 0.25) is 0 Å². The van der Waals surface area contributed by atoms with Gasteiger partial charge in [0, 0.05) is 0 Å². The van der Waals surface area contributed by atoms with E-state index in [1.165, 1.54) is 19.2 Å². The number of ether oxygens (including phenoxy) is 2. The average molecular weight is 240 g/mol. The van der Waals surface area contributed by atoms with Gasteiger partial charge in [-0.25, -0.2) is 4.79 Å². The van der Waals surface area contributed by atoms with Crippen LogP contribution in [0.1, 0.15) is 24.2 Å². The SMILES string of the molecule is COc1ccc(OCC(C)(C)O)c(C(=O)O)c1. The van der Waals surface area contributed by atoms with Gasteiger partial charge in [0.2, 0.25) is 0 Å². The van der Waals surface area contributed by atoms with Gasteiger partial charge in [-0.05, 0) is 32.0 Å². The first-order valence-electron chi connectivity index (χ1n) is 5.10. The zero-order valence-electron chi connectivity index (χ0n) is 10.1. The van der Waals surface area contributed by atoms with Crippen LogP contribution in [0, 0.1) is 0 Å². The predicted octanol–water partition coefficient (Wildman–Crippen LogP) is 1.54. The Morgan fingerprint density at radius 1 is 1.41 bits per heavy atom. The molecule has 0 radical (unpaired) electrons. The molecule has 17 heavy (non-hydrogen) atoms. The van der Waals surface area contributed by atoms with Crippen molar-refractivity contribution in [3.63, 3.8) is 0 Å². The van der Waals surface area contributed by atoms with E-state index in [1.54, 1.807) is 19.9 Å². The van der Waals surface area contributed by atoms with Crippen molar-refractivity contribution in [1.29, 1.82) is 0 Å². The zero-order valence-corrected chi connectivity index (χ0v) is 10.1. The van der Waals surface area contributed by atoms with Crippen molar-refractivity contribution >= 4 is 5.97 Å². The molecule has 0 aliphatic rings. The Morgan fingerprint density at radius 3 is 2.53 bits per heavy atom. The van der Waals surface area contributed by atoms with Crippen molar-refractivity contribution in [1.82, 2.24) is 0 Å². The molecule has 0 bridgehead atoms. The predicted molar refractivity (Wildman–Crippen MR) is 61.7 cm³/mol. The summed E-state index contributed by atoms with van der Waals surface area (Å²) >= 11 is 0. The van der Waals surface area contributed by atoms with E-state index in [9.17, 15) is 9.90 Å². The number of aliphatic hydroxyl groups is 1. The highest BCUT2D eigenvalue weighted by Crippen LogP contribution is 2.24. The third-order valence-electron chi connectivity index (χ3n) is 2.00. The van der Waals surface area contributed by atoms with Crippen LogP contribution in [0.15, 0.2) is 18.2 Å². The molecule has 0 aliphatic heterocycles. The Kier molecular flexibility index (Phi) is 3.96. The average Bonchev–Trinajstić information content (AvgIpc) is 2.25. The molecule has 5 nitrogen and oxygen atoms in total. The number of benzene rings is 1. The van der Waals surface area contributed by atoms with Crippen LogP contribution in [0.25, 0.3) is 0 Å². The van der Waals surface area contributed by atoms with E-state index in [1.807, 2.05) is 0 Å². The minimum Gasteiger partial charge on any atom is -0.497 e. The molecule has 94 valence electrons. The van der Waals surface area contributed by atoms with Crippen LogP contribution in [0.3, 0.4) is 0 Å². The highest BCUT2D eigenvalue weighted by molar-refractivity contribution is 5.91. The second-order valence-corrected chi connectivity index (χ2v) is 4.27. The van der Waals surface area contributed by atoms with Crippen LogP contribution >= 0.6 is 0 Å². The lowest BCUT2D eigenvalue weighted by Crippen LogP contribution is -2.28. The third-order valence-corrected chi connectivity index (χ3v) is 2.00. The number of aromatic carboxylic acids is 1. The van der Waals surface area contributed by atoms with Crippen LogP contribution in [-0.2, 0) is 0 Å². The first-order chi connectivity index (χ1) is 7.83. The lowest BCUT2D eigenvalue weighted by atomic mass is 10.1. The van der Waals surface area contributed by atoms with Crippen molar-refractivity contribution in [2.75, 3.05) is 13.7 Å². The van der Waals surface area contributed by atoms with Crippen molar-refractivity contribution in [3.05, 3.63) is 23.8 Å². The first-order valence-corrected chi connectivity index (χ1v) is 5.10. The van der Waals surface area contributed by atoms with Gasteiger partial charge in [0.15, 0.2) is 0 Å². The van der Waals surface area contributed by atoms with Crippen LogP contribution in [0.5, 0.6) is 11.5 Å². The smallest absolute Gasteiger partial charge is 0.339 e. The van der Waals surface area contributed by atoms with E-state index >= 15 is 0 Å². The molecule has 0 heterocycles. The van der Waals surface area contributed by atoms with Gasteiger partial charge in [0.1, 0.15) is 23.7 Å². The number of hydrogen-bond donors (Lipinski definition) is 2. The Morgan fingerprint density at radius 2 is 2.06 bits per heavy atom. The first kappa shape index (κ1) is 13.3. The number of methoxy groups -OCH3 is 1. The highest BCUT2D eigenvalue weighted by atomic mass is 16.5. The summed E-state index contributed by atoms with van der Waals surface area (Å²) < 4.78 is 10.2. The summed E-state index contributed by atoms with van der Waals surface area (Å²) in [6.07, 6.45) is 0. The number of hydrogen-bond acceptors (Lipinski definition) is 4. The molecule has 2 N–H and O–H groups in total. The monoisotopic (exact) mass is 240 g/mol. The third kappa shape index (κ3) is 3.96. The van der Waals surface area contributed by atoms with Gasteiger partial charge >= 0.3 is 5.97 Å². The lowest BCUT2D eigenvalue weighted by molar-refractivity contribution is 0.0275. The minimum absolute atomic E-state index is 0.00796. The fourth-order valence-corrected chi connectivity index (χ4v) is 1.18. The molecule has 1 aromatic carbocycles. The normalized spacial score (nSPS) is 11.1. The summed E-state index contributed by atoms with van der Waals surface area (Å²) in [7, 11) is 1.46. The number of carbonyl (C=O) groups is 1. The molecule has 0 spiro atoms. The van der Waals surface area contributed by atoms with E-state index in [-0.39, 0.29) is 17.9 Å². The molecule has 0 saturated heterocycles. The summed E-state index contributed by atoms with van der Waals surface area (Å²) in [6.45, 7) is 3.17. The molecular formula is C12H16O5. The maximum atomic E-state index is 11.0. The second kappa shape index (κ2) is 5.05. The Labute approximate surface area is 99.6 Å². The summed E-state index contributed by atoms with van der Waals surface area (Å²) in [4.78, 5) is 11.0. The fraction of sp³-hybridized carbons (Fsp3) is 0.417. The largest absolute Gasteiger partial charge is 0.497 e. The van der Waals surface area contributed by atoms with Gasteiger partial charge in [-0.1, -0.05) is 0 Å². The number of carboxylic acids is 1. The summed E-state index contributed by atoms with van der Waals surface area (Å²) in [5.41, 5.74) is -1.01. The van der Waals surface area contributed by atoms with Crippen LogP contribution in [0.4, 0.5) is 0 Å². The van der Waals surface area contributed by atoms with Gasteiger partial charge < -0.3 is 19.7 Å². The Bertz CT molecular complexity index is 406. The number of carboxylic acid groups (broad SMARTS) is 1. The quantitative estimate of drug-likeness (QED) is 0.816. The second-order valence-electron chi connectivity index (χ2n) is 4.27. The van der Waals surface area contributed by atoms with Gasteiger partial charge in [0.05, 0.1) is 12.7 Å². The molecule has 0 fully saturated rings. The van der Waals surface area contributed by atoms with Gasteiger partial charge in [-0.2, -0.15) is 0 Å². The van der Waals surface area contributed by atoms with Gasteiger partial charge in [0.25, 0.3) is 0 Å². The zero-order chi connectivity index (χ0) is 13.1. The van der Waals surface area contributed by atoms with E-state index in [0.29, 0.717) is 5.75 Å². The van der Waals surface area contributed by atoms with Crippen molar-refractivity contribution in [3.8, 4) is 11.5 Å². The molecule has 0 amide bonds. The van der Waals surface area contributed by atoms with Crippen molar-refractivity contribution in [2.45, 2.75) is 19.4 Å². The van der Waals surface area contributed by atoms with Crippen LogP contribution < -0.4 is 9.47 Å². The topological polar surface area (TPSA) is 76.0 Å². The molecule has 0 aliphatic carbocycles. The molecule has 5 heteroatoms. The summed E-state index contributed by atoms with van der Waals surface area (Å²) in [5.74, 6) is -0.451. The van der Waals surface area contributed by atoms with Crippen LogP contribution in [-0.4, -0.2) is 35.5 Å². The molecular weight excluding hydrogens is 224 g/mol. The van der Waals surface area contributed by atoms with E-state index < -0.39 is 11.6 Å². The van der Waals surface area contributed by atoms with Gasteiger partial charge in [-0.15, -0.1) is 0 Å².